The van der Waals surface area contributed by atoms with Gasteiger partial charge >= 0.3 is 0 Å². The van der Waals surface area contributed by atoms with Crippen molar-refractivity contribution in [1.29, 1.82) is 0 Å². The fourth-order valence-electron chi connectivity index (χ4n) is 1.31. The summed E-state index contributed by atoms with van der Waals surface area (Å²) in [5.74, 6) is 1.06. The molecule has 1 aromatic rings. The largest absolute Gasteiger partial charge is 0.493 e. The predicted octanol–water partition coefficient (Wildman–Crippen LogP) is 3.33. The van der Waals surface area contributed by atoms with Gasteiger partial charge in [0.2, 0.25) is 0 Å². The molecule has 4 nitrogen and oxygen atoms in total. The van der Waals surface area contributed by atoms with Crippen LogP contribution in [-0.2, 0) is 0 Å². The van der Waals surface area contributed by atoms with Crippen molar-refractivity contribution in [2.75, 3.05) is 6.61 Å². The highest BCUT2D eigenvalue weighted by Crippen LogP contribution is 2.27. The van der Waals surface area contributed by atoms with Gasteiger partial charge in [-0.05, 0) is 18.9 Å². The van der Waals surface area contributed by atoms with E-state index in [1.807, 2.05) is 0 Å². The molecule has 0 amide bonds. The fraction of sp³-hybridized carbons (Fsp3) is 0.500. The van der Waals surface area contributed by atoms with Crippen LogP contribution in [0.4, 0.5) is 5.69 Å². The Hall–Kier alpha value is -1.58. The number of benzene rings is 1. The summed E-state index contributed by atoms with van der Waals surface area (Å²) in [5.41, 5.74) is 0.706. The molecule has 0 N–H and O–H groups in total. The molecule has 0 heterocycles. The van der Waals surface area contributed by atoms with Gasteiger partial charge in [0.1, 0.15) is 5.75 Å². The number of ether oxygens (including phenoxy) is 1. The average molecular weight is 223 g/mol. The second-order valence-electron chi connectivity index (χ2n) is 3.98. The molecule has 1 atom stereocenters. The molecule has 0 spiro atoms. The zero-order valence-electron chi connectivity index (χ0n) is 9.90. The molecule has 1 rings (SSSR count). The highest BCUT2D eigenvalue weighted by atomic mass is 16.6. The lowest BCUT2D eigenvalue weighted by Gasteiger charge is -2.12. The van der Waals surface area contributed by atoms with E-state index < -0.39 is 0 Å². The van der Waals surface area contributed by atoms with Crippen LogP contribution in [0.15, 0.2) is 18.2 Å². The Labute approximate surface area is 95.4 Å². The van der Waals surface area contributed by atoms with E-state index in [9.17, 15) is 10.1 Å². The van der Waals surface area contributed by atoms with Gasteiger partial charge in [-0.15, -0.1) is 0 Å². The molecule has 0 aliphatic rings. The molecule has 88 valence electrons. The van der Waals surface area contributed by atoms with E-state index >= 15 is 0 Å². The van der Waals surface area contributed by atoms with E-state index in [1.54, 1.807) is 19.1 Å². The van der Waals surface area contributed by atoms with Gasteiger partial charge in [-0.25, -0.2) is 0 Å². The maximum atomic E-state index is 10.7. The third-order valence-corrected chi connectivity index (χ3v) is 2.67. The van der Waals surface area contributed by atoms with E-state index in [0.29, 0.717) is 23.8 Å². The Morgan fingerprint density at radius 3 is 2.75 bits per heavy atom. The monoisotopic (exact) mass is 223 g/mol. The maximum absolute atomic E-state index is 10.7. The third-order valence-electron chi connectivity index (χ3n) is 2.67. The minimum Gasteiger partial charge on any atom is -0.493 e. The lowest BCUT2D eigenvalue weighted by molar-refractivity contribution is -0.385. The quantitative estimate of drug-likeness (QED) is 0.568. The Morgan fingerprint density at radius 1 is 1.50 bits per heavy atom. The number of hydrogen-bond donors (Lipinski definition) is 0. The first-order valence-electron chi connectivity index (χ1n) is 5.43. The average Bonchev–Trinajstić information content (AvgIpc) is 2.26. The molecule has 0 bridgehead atoms. The van der Waals surface area contributed by atoms with Crippen molar-refractivity contribution in [2.45, 2.75) is 27.2 Å². The van der Waals surface area contributed by atoms with E-state index in [0.717, 1.165) is 6.42 Å². The summed E-state index contributed by atoms with van der Waals surface area (Å²) in [6, 6.07) is 4.91. The van der Waals surface area contributed by atoms with Crippen molar-refractivity contribution in [2.24, 2.45) is 5.92 Å². The van der Waals surface area contributed by atoms with Gasteiger partial charge in [-0.1, -0.05) is 26.3 Å². The molecule has 4 heteroatoms. The summed E-state index contributed by atoms with van der Waals surface area (Å²) in [4.78, 5) is 10.3. The minimum atomic E-state index is -0.383. The van der Waals surface area contributed by atoms with Crippen LogP contribution in [0.25, 0.3) is 0 Å². The number of nitro benzene ring substituents is 1. The molecule has 0 aromatic heterocycles. The lowest BCUT2D eigenvalue weighted by atomic mass is 10.1. The molecule has 0 fully saturated rings. The molecule has 1 aromatic carbocycles. The smallest absolute Gasteiger partial charge is 0.276 e. The molecular weight excluding hydrogens is 206 g/mol. The number of nitro groups is 1. The van der Waals surface area contributed by atoms with Crippen molar-refractivity contribution in [3.05, 3.63) is 33.9 Å². The topological polar surface area (TPSA) is 52.4 Å². The first kappa shape index (κ1) is 12.5. The summed E-state index contributed by atoms with van der Waals surface area (Å²) in [6.07, 6.45) is 1.04. The van der Waals surface area contributed by atoms with Gasteiger partial charge in [0, 0.05) is 6.07 Å². The number of hydrogen-bond acceptors (Lipinski definition) is 3. The molecule has 0 aliphatic carbocycles. The van der Waals surface area contributed by atoms with Crippen molar-refractivity contribution >= 4 is 5.69 Å². The van der Waals surface area contributed by atoms with Crippen LogP contribution in [0.2, 0.25) is 0 Å². The van der Waals surface area contributed by atoms with Crippen LogP contribution in [-0.4, -0.2) is 11.5 Å². The van der Waals surface area contributed by atoms with E-state index in [4.69, 9.17) is 4.74 Å². The van der Waals surface area contributed by atoms with Crippen LogP contribution in [0.3, 0.4) is 0 Å². The molecule has 0 radical (unpaired) electrons. The van der Waals surface area contributed by atoms with Crippen LogP contribution in [0.5, 0.6) is 5.75 Å². The van der Waals surface area contributed by atoms with Gasteiger partial charge in [0.05, 0.1) is 17.1 Å². The zero-order valence-corrected chi connectivity index (χ0v) is 9.90. The zero-order chi connectivity index (χ0) is 12.1. The van der Waals surface area contributed by atoms with Crippen molar-refractivity contribution in [3.63, 3.8) is 0 Å². The minimum absolute atomic E-state index is 0.113. The molecule has 1 unspecified atom stereocenters. The van der Waals surface area contributed by atoms with Crippen LogP contribution in [0, 0.1) is 23.0 Å². The fourth-order valence-corrected chi connectivity index (χ4v) is 1.31. The summed E-state index contributed by atoms with van der Waals surface area (Å²) in [6.45, 7) is 6.49. The lowest BCUT2D eigenvalue weighted by Crippen LogP contribution is -2.08. The molecular formula is C12H17NO3. The van der Waals surface area contributed by atoms with Gasteiger partial charge in [0.15, 0.2) is 0 Å². The Morgan fingerprint density at radius 2 is 2.19 bits per heavy atom. The Balaban J connectivity index is 2.81. The Bertz CT molecular complexity index is 377. The third kappa shape index (κ3) is 2.95. The van der Waals surface area contributed by atoms with Crippen LogP contribution in [0.1, 0.15) is 25.8 Å². The Kier molecular flexibility index (Phi) is 4.28. The van der Waals surface area contributed by atoms with E-state index in [1.165, 1.54) is 6.07 Å². The van der Waals surface area contributed by atoms with Gasteiger partial charge in [0.25, 0.3) is 5.69 Å². The summed E-state index contributed by atoms with van der Waals surface area (Å²) >= 11 is 0. The molecule has 16 heavy (non-hydrogen) atoms. The second-order valence-corrected chi connectivity index (χ2v) is 3.98. The molecule has 0 saturated heterocycles. The SMILES string of the molecule is CCC(C)COc1cccc([N+](=O)[O-])c1C. The maximum Gasteiger partial charge on any atom is 0.276 e. The summed E-state index contributed by atoms with van der Waals surface area (Å²) in [5, 5.41) is 10.7. The normalized spacial score (nSPS) is 12.2. The highest BCUT2D eigenvalue weighted by molar-refractivity contribution is 5.48. The van der Waals surface area contributed by atoms with Crippen molar-refractivity contribution in [3.8, 4) is 5.75 Å². The number of nitrogens with zero attached hydrogens (tertiary/aromatic N) is 1. The van der Waals surface area contributed by atoms with Gasteiger partial charge in [-0.2, -0.15) is 0 Å². The van der Waals surface area contributed by atoms with Gasteiger partial charge < -0.3 is 4.74 Å². The van der Waals surface area contributed by atoms with Crippen LogP contribution >= 0.6 is 0 Å². The van der Waals surface area contributed by atoms with Crippen molar-refractivity contribution in [1.82, 2.24) is 0 Å². The van der Waals surface area contributed by atoms with E-state index in [-0.39, 0.29) is 10.6 Å². The summed E-state index contributed by atoms with van der Waals surface area (Å²) < 4.78 is 5.58. The van der Waals surface area contributed by atoms with Gasteiger partial charge in [-0.3, -0.25) is 10.1 Å². The predicted molar refractivity (Wildman–Crippen MR) is 62.8 cm³/mol. The van der Waals surface area contributed by atoms with Crippen LogP contribution < -0.4 is 4.74 Å². The second kappa shape index (κ2) is 5.49. The molecule has 0 saturated carbocycles. The first-order valence-corrected chi connectivity index (χ1v) is 5.43. The summed E-state index contributed by atoms with van der Waals surface area (Å²) in [7, 11) is 0. The highest BCUT2D eigenvalue weighted by Gasteiger charge is 2.14. The first-order chi connectivity index (χ1) is 7.56. The number of rotatable bonds is 5. The van der Waals surface area contributed by atoms with Crippen molar-refractivity contribution < 1.29 is 9.66 Å². The van der Waals surface area contributed by atoms with E-state index in [2.05, 4.69) is 13.8 Å². The molecule has 0 aliphatic heterocycles. The standard InChI is InChI=1S/C12H17NO3/c1-4-9(2)8-16-12-7-5-6-11(10(12)3)13(14)15/h5-7,9H,4,8H2,1-3H3.